The lowest BCUT2D eigenvalue weighted by atomic mass is 10.2. The molecule has 22 heavy (non-hydrogen) atoms. The van der Waals surface area contributed by atoms with Crippen LogP contribution in [-0.4, -0.2) is 46.0 Å². The second-order valence-corrected chi connectivity index (χ2v) is 5.19. The second-order valence-electron chi connectivity index (χ2n) is 5.19. The third-order valence-electron chi connectivity index (χ3n) is 3.71. The van der Waals surface area contributed by atoms with Crippen LogP contribution in [0.4, 0.5) is 14.6 Å². The van der Waals surface area contributed by atoms with Crippen LogP contribution in [0.1, 0.15) is 17.8 Å². The number of halogens is 2. The van der Waals surface area contributed by atoms with E-state index >= 15 is 0 Å². The molecule has 0 amide bonds. The van der Waals surface area contributed by atoms with Gasteiger partial charge in [0.25, 0.3) is 6.43 Å². The van der Waals surface area contributed by atoms with Crippen molar-refractivity contribution < 1.29 is 8.78 Å². The highest BCUT2D eigenvalue weighted by molar-refractivity contribution is 5.39. The first-order chi connectivity index (χ1) is 10.7. The number of hydrogen-bond donors (Lipinski definition) is 0. The minimum absolute atomic E-state index is 0.221. The van der Waals surface area contributed by atoms with E-state index in [9.17, 15) is 8.78 Å². The lowest BCUT2D eigenvalue weighted by Crippen LogP contribution is -2.46. The van der Waals surface area contributed by atoms with Crippen LogP contribution in [0.25, 0.3) is 0 Å². The largest absolute Gasteiger partial charge is 0.354 e. The van der Waals surface area contributed by atoms with Crippen LogP contribution < -0.4 is 4.90 Å². The summed E-state index contributed by atoms with van der Waals surface area (Å²) in [6.07, 6.45) is 0.433. The Morgan fingerprint density at radius 1 is 1.05 bits per heavy atom. The molecule has 3 rings (SSSR count). The lowest BCUT2D eigenvalue weighted by Gasteiger charge is -2.35. The van der Waals surface area contributed by atoms with Crippen molar-refractivity contribution in [3.63, 3.8) is 0 Å². The molecule has 3 heterocycles. The highest BCUT2D eigenvalue weighted by Crippen LogP contribution is 2.21. The van der Waals surface area contributed by atoms with E-state index in [0.29, 0.717) is 5.82 Å². The Kier molecular flexibility index (Phi) is 4.53. The van der Waals surface area contributed by atoms with Crippen LogP contribution in [-0.2, 0) is 6.54 Å². The molecule has 0 bridgehead atoms. The van der Waals surface area contributed by atoms with Crippen LogP contribution in [0.5, 0.6) is 0 Å². The van der Waals surface area contributed by atoms with Crippen LogP contribution >= 0.6 is 0 Å². The van der Waals surface area contributed by atoms with Crippen molar-refractivity contribution in [1.29, 1.82) is 0 Å². The Morgan fingerprint density at radius 2 is 1.86 bits per heavy atom. The van der Waals surface area contributed by atoms with Crippen LogP contribution in [0.15, 0.2) is 36.8 Å². The molecule has 116 valence electrons. The molecule has 1 fully saturated rings. The predicted octanol–water partition coefficient (Wildman–Crippen LogP) is 2.13. The third kappa shape index (κ3) is 3.54. The summed E-state index contributed by atoms with van der Waals surface area (Å²) in [6, 6.07) is 7.26. The summed E-state index contributed by atoms with van der Waals surface area (Å²) in [7, 11) is 0. The van der Waals surface area contributed by atoms with Gasteiger partial charge in [0.05, 0.1) is 5.69 Å². The number of nitrogens with zero attached hydrogens (tertiary/aromatic N) is 5. The molecule has 0 unspecified atom stereocenters. The van der Waals surface area contributed by atoms with E-state index in [0.717, 1.165) is 38.4 Å². The van der Waals surface area contributed by atoms with Gasteiger partial charge in [-0.1, -0.05) is 6.07 Å². The van der Waals surface area contributed by atoms with E-state index in [1.807, 2.05) is 23.1 Å². The van der Waals surface area contributed by atoms with E-state index in [4.69, 9.17) is 0 Å². The fraction of sp³-hybridized carbons (Fsp3) is 0.400. The average molecular weight is 305 g/mol. The van der Waals surface area contributed by atoms with E-state index in [1.165, 1.54) is 12.4 Å². The molecular weight excluding hydrogens is 288 g/mol. The molecule has 0 N–H and O–H groups in total. The summed E-state index contributed by atoms with van der Waals surface area (Å²) >= 11 is 0. The number of alkyl halides is 2. The number of aromatic nitrogens is 3. The number of rotatable bonds is 4. The van der Waals surface area contributed by atoms with Gasteiger partial charge in [-0.25, -0.2) is 18.7 Å². The first-order valence-corrected chi connectivity index (χ1v) is 7.19. The zero-order valence-corrected chi connectivity index (χ0v) is 12.1. The van der Waals surface area contributed by atoms with Crippen LogP contribution in [0.3, 0.4) is 0 Å². The van der Waals surface area contributed by atoms with Gasteiger partial charge in [-0.2, -0.15) is 0 Å². The molecule has 0 radical (unpaired) electrons. The zero-order valence-electron chi connectivity index (χ0n) is 12.1. The van der Waals surface area contributed by atoms with Gasteiger partial charge in [0.2, 0.25) is 0 Å². The van der Waals surface area contributed by atoms with Gasteiger partial charge in [-0.05, 0) is 12.1 Å². The Morgan fingerprint density at radius 3 is 2.55 bits per heavy atom. The number of pyridine rings is 1. The highest BCUT2D eigenvalue weighted by Gasteiger charge is 2.20. The first-order valence-electron chi connectivity index (χ1n) is 7.19. The normalized spacial score (nSPS) is 16.2. The minimum atomic E-state index is -2.56. The van der Waals surface area contributed by atoms with Gasteiger partial charge in [0.15, 0.2) is 0 Å². The lowest BCUT2D eigenvalue weighted by molar-refractivity contribution is 0.146. The molecule has 1 saturated heterocycles. The summed E-state index contributed by atoms with van der Waals surface area (Å²) in [5, 5.41) is 0. The molecule has 0 atom stereocenters. The predicted molar refractivity (Wildman–Crippen MR) is 78.7 cm³/mol. The van der Waals surface area contributed by atoms with E-state index in [2.05, 4.69) is 19.9 Å². The quantitative estimate of drug-likeness (QED) is 0.866. The Hall–Kier alpha value is -2.15. The summed E-state index contributed by atoms with van der Waals surface area (Å²) in [6.45, 7) is 4.02. The molecular formula is C15H17F2N5. The van der Waals surface area contributed by atoms with Crippen molar-refractivity contribution >= 4 is 5.82 Å². The molecule has 5 nitrogen and oxygen atoms in total. The maximum absolute atomic E-state index is 12.7. The van der Waals surface area contributed by atoms with E-state index in [-0.39, 0.29) is 5.69 Å². The topological polar surface area (TPSA) is 45.2 Å². The fourth-order valence-corrected chi connectivity index (χ4v) is 2.51. The van der Waals surface area contributed by atoms with Crippen molar-refractivity contribution in [2.24, 2.45) is 0 Å². The third-order valence-corrected chi connectivity index (χ3v) is 3.71. The number of anilines is 1. The molecule has 0 saturated carbocycles. The molecule has 0 spiro atoms. The van der Waals surface area contributed by atoms with Gasteiger partial charge in [0.1, 0.15) is 17.8 Å². The van der Waals surface area contributed by atoms with Gasteiger partial charge in [-0.15, -0.1) is 0 Å². The highest BCUT2D eigenvalue weighted by atomic mass is 19.3. The van der Waals surface area contributed by atoms with E-state index in [1.54, 1.807) is 6.20 Å². The van der Waals surface area contributed by atoms with Gasteiger partial charge < -0.3 is 4.90 Å². The Labute approximate surface area is 127 Å². The summed E-state index contributed by atoms with van der Waals surface area (Å²) < 4.78 is 25.4. The zero-order chi connectivity index (χ0) is 15.4. The van der Waals surface area contributed by atoms with Crippen molar-refractivity contribution in [1.82, 2.24) is 19.9 Å². The van der Waals surface area contributed by atoms with Crippen LogP contribution in [0, 0.1) is 0 Å². The monoisotopic (exact) mass is 305 g/mol. The van der Waals surface area contributed by atoms with Crippen molar-refractivity contribution in [2.45, 2.75) is 13.0 Å². The van der Waals surface area contributed by atoms with Gasteiger partial charge in [0, 0.05) is 45.0 Å². The number of hydrogen-bond acceptors (Lipinski definition) is 5. The molecule has 2 aromatic rings. The van der Waals surface area contributed by atoms with Crippen LogP contribution in [0.2, 0.25) is 0 Å². The van der Waals surface area contributed by atoms with Crippen molar-refractivity contribution in [2.75, 3.05) is 31.1 Å². The Balaban J connectivity index is 1.58. The molecule has 1 aliphatic rings. The minimum Gasteiger partial charge on any atom is -0.354 e. The summed E-state index contributed by atoms with van der Waals surface area (Å²) in [5.41, 5.74) is 0.818. The molecule has 7 heteroatoms. The SMILES string of the molecule is FC(F)c1cc(N2CCN(Cc3ccccn3)CC2)ncn1. The molecule has 0 aromatic carbocycles. The van der Waals surface area contributed by atoms with Crippen molar-refractivity contribution in [3.05, 3.63) is 48.2 Å². The fourth-order valence-electron chi connectivity index (χ4n) is 2.51. The summed E-state index contributed by atoms with van der Waals surface area (Å²) in [5.74, 6) is 0.572. The number of piperazine rings is 1. The van der Waals surface area contributed by atoms with Gasteiger partial charge >= 0.3 is 0 Å². The molecule has 0 aliphatic carbocycles. The average Bonchev–Trinajstić information content (AvgIpc) is 2.56. The molecule has 1 aliphatic heterocycles. The van der Waals surface area contributed by atoms with E-state index < -0.39 is 6.43 Å². The standard InChI is InChI=1S/C15H17F2N5/c16-15(17)13-9-14(20-11-19-13)22-7-5-21(6-8-22)10-12-3-1-2-4-18-12/h1-4,9,11,15H,5-8,10H2. The smallest absolute Gasteiger partial charge is 0.280 e. The maximum atomic E-state index is 12.7. The maximum Gasteiger partial charge on any atom is 0.280 e. The van der Waals surface area contributed by atoms with Crippen molar-refractivity contribution in [3.8, 4) is 0 Å². The Bertz CT molecular complexity index is 600. The van der Waals surface area contributed by atoms with Gasteiger partial charge in [-0.3, -0.25) is 9.88 Å². The molecule has 2 aromatic heterocycles. The summed E-state index contributed by atoms with van der Waals surface area (Å²) in [4.78, 5) is 16.3. The second kappa shape index (κ2) is 6.74. The first kappa shape index (κ1) is 14.8.